The molecule has 0 aliphatic heterocycles. The molecule has 0 atom stereocenters. The molecule has 0 saturated carbocycles. The van der Waals surface area contributed by atoms with Gasteiger partial charge in [-0.3, -0.25) is 9.98 Å². The molecule has 2 aromatic carbocycles. The number of aliphatic imine (C=N–C) groups is 1. The van der Waals surface area contributed by atoms with Gasteiger partial charge in [0.1, 0.15) is 0 Å². The predicted molar refractivity (Wildman–Crippen MR) is 95.2 cm³/mol. The number of benzene rings is 2. The Balaban J connectivity index is 1.63. The molecular weight excluding hydrogens is 284 g/mol. The van der Waals surface area contributed by atoms with Crippen LogP contribution in [0.25, 0.3) is 10.9 Å². The highest BCUT2D eigenvalue weighted by molar-refractivity contribution is 5.83. The van der Waals surface area contributed by atoms with E-state index in [0.29, 0.717) is 6.54 Å². The van der Waals surface area contributed by atoms with Gasteiger partial charge in [-0.2, -0.15) is 0 Å². The molecule has 0 spiro atoms. The van der Waals surface area contributed by atoms with Crippen LogP contribution in [0.3, 0.4) is 0 Å². The molecule has 23 heavy (non-hydrogen) atoms. The Bertz CT molecular complexity index is 791. The lowest BCUT2D eigenvalue weighted by atomic mass is 10.1. The van der Waals surface area contributed by atoms with Crippen LogP contribution in [0.15, 0.2) is 71.9 Å². The quantitative estimate of drug-likeness (QED) is 0.575. The van der Waals surface area contributed by atoms with Crippen LogP contribution < -0.4 is 10.6 Å². The normalized spacial score (nSPS) is 11.4. The molecule has 116 valence electrons. The Kier molecular flexibility index (Phi) is 4.84. The van der Waals surface area contributed by atoms with Gasteiger partial charge in [0, 0.05) is 31.7 Å². The van der Waals surface area contributed by atoms with Crippen LogP contribution >= 0.6 is 0 Å². The van der Waals surface area contributed by atoms with Crippen molar-refractivity contribution in [3.8, 4) is 0 Å². The number of hydrogen-bond donors (Lipinski definition) is 2. The second kappa shape index (κ2) is 7.40. The van der Waals surface area contributed by atoms with Gasteiger partial charge in [-0.25, -0.2) is 0 Å². The Morgan fingerprint density at radius 3 is 2.48 bits per heavy atom. The number of fused-ring (bicyclic) bond motifs is 1. The highest BCUT2D eigenvalue weighted by Crippen LogP contribution is 2.15. The minimum Gasteiger partial charge on any atom is -0.352 e. The van der Waals surface area contributed by atoms with Gasteiger partial charge < -0.3 is 10.6 Å². The van der Waals surface area contributed by atoms with E-state index in [1.807, 2.05) is 48.7 Å². The van der Waals surface area contributed by atoms with Crippen LogP contribution in [-0.2, 0) is 13.1 Å². The number of guanidine groups is 1. The molecule has 1 aromatic heterocycles. The van der Waals surface area contributed by atoms with Crippen molar-refractivity contribution in [2.24, 2.45) is 4.99 Å². The molecule has 1 heterocycles. The van der Waals surface area contributed by atoms with Crippen molar-refractivity contribution in [3.05, 3.63) is 78.0 Å². The Morgan fingerprint density at radius 2 is 1.65 bits per heavy atom. The summed E-state index contributed by atoms with van der Waals surface area (Å²) in [6.07, 6.45) is 1.85. The molecule has 0 radical (unpaired) electrons. The molecule has 0 amide bonds. The molecular formula is C19H20N4. The van der Waals surface area contributed by atoms with Gasteiger partial charge in [-0.1, -0.05) is 48.5 Å². The number of rotatable bonds is 4. The Labute approximate surface area is 136 Å². The van der Waals surface area contributed by atoms with E-state index in [1.54, 1.807) is 7.05 Å². The van der Waals surface area contributed by atoms with Crippen LogP contribution in [0.1, 0.15) is 11.1 Å². The maximum absolute atomic E-state index is 4.39. The van der Waals surface area contributed by atoms with Crippen molar-refractivity contribution in [2.75, 3.05) is 7.05 Å². The molecule has 2 N–H and O–H groups in total. The number of nitrogens with zero attached hydrogens (tertiary/aromatic N) is 2. The fourth-order valence-electron chi connectivity index (χ4n) is 2.49. The van der Waals surface area contributed by atoms with Gasteiger partial charge in [0.25, 0.3) is 0 Å². The van der Waals surface area contributed by atoms with E-state index in [0.717, 1.165) is 18.0 Å². The van der Waals surface area contributed by atoms with E-state index >= 15 is 0 Å². The fourth-order valence-corrected chi connectivity index (χ4v) is 2.49. The summed E-state index contributed by atoms with van der Waals surface area (Å²) < 4.78 is 0. The molecule has 0 saturated heterocycles. The lowest BCUT2D eigenvalue weighted by Crippen LogP contribution is -2.36. The first-order valence-electron chi connectivity index (χ1n) is 7.68. The van der Waals surface area contributed by atoms with Crippen molar-refractivity contribution in [1.82, 2.24) is 15.6 Å². The zero-order chi connectivity index (χ0) is 15.9. The van der Waals surface area contributed by atoms with Crippen molar-refractivity contribution in [3.63, 3.8) is 0 Å². The maximum atomic E-state index is 4.39. The van der Waals surface area contributed by atoms with Crippen LogP contribution in [0.4, 0.5) is 0 Å². The van der Waals surface area contributed by atoms with Gasteiger partial charge in [0.15, 0.2) is 5.96 Å². The SMILES string of the molecule is CN=C(NCc1ccccc1)NCc1ccnc2ccccc12. The first kappa shape index (κ1) is 15.0. The summed E-state index contributed by atoms with van der Waals surface area (Å²) >= 11 is 0. The Morgan fingerprint density at radius 1 is 0.913 bits per heavy atom. The van der Waals surface area contributed by atoms with Crippen LogP contribution in [0, 0.1) is 0 Å². The van der Waals surface area contributed by atoms with Crippen molar-refractivity contribution in [2.45, 2.75) is 13.1 Å². The highest BCUT2D eigenvalue weighted by Gasteiger charge is 2.03. The van der Waals surface area contributed by atoms with E-state index in [1.165, 1.54) is 16.5 Å². The number of hydrogen-bond acceptors (Lipinski definition) is 2. The largest absolute Gasteiger partial charge is 0.352 e. The molecule has 0 unspecified atom stereocenters. The summed E-state index contributed by atoms with van der Waals surface area (Å²) in [5.74, 6) is 0.787. The summed E-state index contributed by atoms with van der Waals surface area (Å²) in [7, 11) is 1.78. The average Bonchev–Trinajstić information content (AvgIpc) is 2.63. The first-order chi connectivity index (χ1) is 11.4. The predicted octanol–water partition coefficient (Wildman–Crippen LogP) is 3.10. The molecule has 0 aliphatic carbocycles. The summed E-state index contributed by atoms with van der Waals surface area (Å²) in [5, 5.41) is 7.85. The van der Waals surface area contributed by atoms with E-state index in [9.17, 15) is 0 Å². The monoisotopic (exact) mass is 304 g/mol. The zero-order valence-electron chi connectivity index (χ0n) is 13.2. The maximum Gasteiger partial charge on any atom is 0.191 e. The number of pyridine rings is 1. The summed E-state index contributed by atoms with van der Waals surface area (Å²) in [6.45, 7) is 1.45. The molecule has 0 bridgehead atoms. The topological polar surface area (TPSA) is 49.3 Å². The lowest BCUT2D eigenvalue weighted by molar-refractivity contribution is 0.811. The van der Waals surface area contributed by atoms with Crippen LogP contribution in [-0.4, -0.2) is 18.0 Å². The van der Waals surface area contributed by atoms with Gasteiger partial charge >= 0.3 is 0 Å². The molecule has 4 heteroatoms. The van der Waals surface area contributed by atoms with E-state index in [4.69, 9.17) is 0 Å². The van der Waals surface area contributed by atoms with Crippen LogP contribution in [0.2, 0.25) is 0 Å². The highest BCUT2D eigenvalue weighted by atomic mass is 15.2. The third-order valence-corrected chi connectivity index (χ3v) is 3.71. The van der Waals surface area contributed by atoms with Gasteiger partial charge in [0.05, 0.1) is 5.52 Å². The summed E-state index contributed by atoms with van der Waals surface area (Å²) in [6, 6.07) is 20.5. The second-order valence-electron chi connectivity index (χ2n) is 5.25. The van der Waals surface area contributed by atoms with Gasteiger partial charge in [-0.15, -0.1) is 0 Å². The summed E-state index contributed by atoms with van der Waals surface area (Å²) in [4.78, 5) is 8.67. The molecule has 0 fully saturated rings. The number of aromatic nitrogens is 1. The summed E-state index contributed by atoms with van der Waals surface area (Å²) in [5.41, 5.74) is 3.45. The van der Waals surface area contributed by atoms with E-state index < -0.39 is 0 Å². The smallest absolute Gasteiger partial charge is 0.191 e. The fraction of sp³-hybridized carbons (Fsp3) is 0.158. The molecule has 0 aliphatic rings. The van der Waals surface area contributed by atoms with E-state index in [2.05, 4.69) is 38.8 Å². The van der Waals surface area contributed by atoms with Gasteiger partial charge in [0.2, 0.25) is 0 Å². The molecule has 3 rings (SSSR count). The minimum atomic E-state index is 0.706. The Hall–Kier alpha value is -2.88. The van der Waals surface area contributed by atoms with Gasteiger partial charge in [-0.05, 0) is 23.3 Å². The zero-order valence-corrected chi connectivity index (χ0v) is 13.2. The molecule has 3 aromatic rings. The third kappa shape index (κ3) is 3.86. The lowest BCUT2D eigenvalue weighted by Gasteiger charge is -2.13. The standard InChI is InChI=1S/C19H20N4/c1-20-19(22-13-15-7-3-2-4-8-15)23-14-16-11-12-21-18-10-6-5-9-17(16)18/h2-12H,13-14H2,1H3,(H2,20,22,23). The first-order valence-corrected chi connectivity index (χ1v) is 7.68. The van der Waals surface area contributed by atoms with Crippen molar-refractivity contribution < 1.29 is 0 Å². The van der Waals surface area contributed by atoms with Crippen molar-refractivity contribution in [1.29, 1.82) is 0 Å². The van der Waals surface area contributed by atoms with Crippen molar-refractivity contribution >= 4 is 16.9 Å². The minimum absolute atomic E-state index is 0.706. The third-order valence-electron chi connectivity index (χ3n) is 3.71. The number of para-hydroxylation sites is 1. The second-order valence-corrected chi connectivity index (χ2v) is 5.25. The average molecular weight is 304 g/mol. The molecule has 4 nitrogen and oxygen atoms in total. The van der Waals surface area contributed by atoms with E-state index in [-0.39, 0.29) is 0 Å². The van der Waals surface area contributed by atoms with Crippen LogP contribution in [0.5, 0.6) is 0 Å². The number of nitrogens with one attached hydrogen (secondary N) is 2.